The molecule has 0 atom stereocenters. The smallest absolute Gasteiger partial charge is 0.207 e. The quantitative estimate of drug-likeness (QED) is 0.874. The molecule has 4 nitrogen and oxygen atoms in total. The molecule has 0 heterocycles. The van der Waals surface area contributed by atoms with Gasteiger partial charge in [-0.3, -0.25) is 0 Å². The topological polar surface area (TPSA) is 70.0 Å². The molecule has 0 aliphatic carbocycles. The first-order chi connectivity index (χ1) is 7.65. The standard InChI is InChI=1S/C12H16N2O2S/c1-9-5-6-11(10(7-9)8-13)17(15,16)14-12(2,3)4/h5-7,14H,1-4H3. The lowest BCUT2D eigenvalue weighted by Crippen LogP contribution is -2.40. The van der Waals surface area contributed by atoms with Gasteiger partial charge >= 0.3 is 0 Å². The summed E-state index contributed by atoms with van der Waals surface area (Å²) in [6.07, 6.45) is 0. The van der Waals surface area contributed by atoms with Gasteiger partial charge in [-0.1, -0.05) is 6.07 Å². The van der Waals surface area contributed by atoms with Crippen molar-refractivity contribution in [3.63, 3.8) is 0 Å². The van der Waals surface area contributed by atoms with Gasteiger partial charge in [-0.25, -0.2) is 13.1 Å². The summed E-state index contributed by atoms with van der Waals surface area (Å²) in [4.78, 5) is 0.0283. The average molecular weight is 252 g/mol. The Hall–Kier alpha value is -1.38. The third-order valence-corrected chi connectivity index (χ3v) is 3.80. The summed E-state index contributed by atoms with van der Waals surface area (Å²) in [5.74, 6) is 0. The van der Waals surface area contributed by atoms with Crippen LogP contribution in [0.4, 0.5) is 0 Å². The molecule has 0 spiro atoms. The fourth-order valence-electron chi connectivity index (χ4n) is 1.42. The average Bonchev–Trinajstić information content (AvgIpc) is 2.13. The Morgan fingerprint density at radius 3 is 2.35 bits per heavy atom. The number of nitriles is 1. The highest BCUT2D eigenvalue weighted by molar-refractivity contribution is 7.89. The Morgan fingerprint density at radius 1 is 1.29 bits per heavy atom. The highest BCUT2D eigenvalue weighted by atomic mass is 32.2. The van der Waals surface area contributed by atoms with E-state index in [9.17, 15) is 8.42 Å². The van der Waals surface area contributed by atoms with Gasteiger partial charge in [-0.15, -0.1) is 0 Å². The van der Waals surface area contributed by atoms with Gasteiger partial charge in [0.25, 0.3) is 0 Å². The zero-order valence-electron chi connectivity index (χ0n) is 10.4. The molecule has 0 amide bonds. The number of sulfonamides is 1. The molecule has 1 rings (SSSR count). The fourth-order valence-corrected chi connectivity index (χ4v) is 2.98. The molecular weight excluding hydrogens is 236 g/mol. The zero-order valence-corrected chi connectivity index (χ0v) is 11.2. The number of nitrogens with zero attached hydrogens (tertiary/aromatic N) is 1. The van der Waals surface area contributed by atoms with Gasteiger partial charge < -0.3 is 0 Å². The molecule has 0 bridgehead atoms. The van der Waals surface area contributed by atoms with Gasteiger partial charge in [0.1, 0.15) is 6.07 Å². The van der Waals surface area contributed by atoms with Crippen LogP contribution in [0, 0.1) is 18.3 Å². The second-order valence-electron chi connectivity index (χ2n) is 4.97. The van der Waals surface area contributed by atoms with Gasteiger partial charge in [-0.05, 0) is 45.4 Å². The van der Waals surface area contributed by atoms with Crippen LogP contribution in [-0.2, 0) is 10.0 Å². The van der Waals surface area contributed by atoms with Gasteiger partial charge in [0, 0.05) is 5.54 Å². The molecule has 0 fully saturated rings. The molecule has 1 aromatic carbocycles. The Labute approximate surface area is 102 Å². The Morgan fingerprint density at radius 2 is 1.88 bits per heavy atom. The van der Waals surface area contributed by atoms with Crippen LogP contribution in [0.25, 0.3) is 0 Å². The van der Waals surface area contributed by atoms with Crippen molar-refractivity contribution < 1.29 is 8.42 Å². The summed E-state index contributed by atoms with van der Waals surface area (Å²) >= 11 is 0. The van der Waals surface area contributed by atoms with Crippen LogP contribution in [0.1, 0.15) is 31.9 Å². The molecule has 0 aliphatic heterocycles. The maximum Gasteiger partial charge on any atom is 0.242 e. The molecule has 0 unspecified atom stereocenters. The Bertz CT molecular complexity index is 563. The van der Waals surface area contributed by atoms with Crippen LogP contribution in [0.5, 0.6) is 0 Å². The van der Waals surface area contributed by atoms with Gasteiger partial charge in [-0.2, -0.15) is 5.26 Å². The lowest BCUT2D eigenvalue weighted by molar-refractivity contribution is 0.491. The van der Waals surface area contributed by atoms with Crippen molar-refractivity contribution in [3.8, 4) is 6.07 Å². The SMILES string of the molecule is Cc1ccc(S(=O)(=O)NC(C)(C)C)c(C#N)c1. The van der Waals surface area contributed by atoms with Crippen molar-refractivity contribution in [1.29, 1.82) is 5.26 Å². The summed E-state index contributed by atoms with van der Waals surface area (Å²) in [6.45, 7) is 7.08. The summed E-state index contributed by atoms with van der Waals surface area (Å²) in [5, 5.41) is 8.96. The summed E-state index contributed by atoms with van der Waals surface area (Å²) < 4.78 is 26.7. The number of nitrogens with one attached hydrogen (secondary N) is 1. The predicted molar refractivity (Wildman–Crippen MR) is 66.0 cm³/mol. The van der Waals surface area contributed by atoms with E-state index < -0.39 is 15.6 Å². The van der Waals surface area contributed by atoms with Crippen molar-refractivity contribution >= 4 is 10.0 Å². The van der Waals surface area contributed by atoms with E-state index in [0.717, 1.165) is 5.56 Å². The van der Waals surface area contributed by atoms with Gasteiger partial charge in [0.15, 0.2) is 0 Å². The van der Waals surface area contributed by atoms with Crippen LogP contribution >= 0.6 is 0 Å². The highest BCUT2D eigenvalue weighted by Gasteiger charge is 2.24. The first kappa shape index (κ1) is 13.7. The number of benzene rings is 1. The molecule has 0 saturated heterocycles. The maximum atomic E-state index is 12.1. The van der Waals surface area contributed by atoms with Crippen LogP contribution in [-0.4, -0.2) is 14.0 Å². The minimum absolute atomic E-state index is 0.0283. The van der Waals surface area contributed by atoms with Crippen molar-refractivity contribution in [2.75, 3.05) is 0 Å². The lowest BCUT2D eigenvalue weighted by atomic mass is 10.1. The molecule has 0 aromatic heterocycles. The normalized spacial score (nSPS) is 12.2. The van der Waals surface area contributed by atoms with Crippen molar-refractivity contribution in [1.82, 2.24) is 4.72 Å². The van der Waals surface area contributed by atoms with Gasteiger partial charge in [0.05, 0.1) is 10.5 Å². The van der Waals surface area contributed by atoms with E-state index >= 15 is 0 Å². The Kier molecular flexibility index (Phi) is 3.60. The molecular formula is C12H16N2O2S. The number of rotatable bonds is 2. The summed E-state index contributed by atoms with van der Waals surface area (Å²) in [5.41, 5.74) is 0.453. The number of hydrogen-bond acceptors (Lipinski definition) is 3. The molecule has 5 heteroatoms. The molecule has 1 N–H and O–H groups in total. The number of aryl methyl sites for hydroxylation is 1. The monoisotopic (exact) mass is 252 g/mol. The maximum absolute atomic E-state index is 12.1. The Balaban J connectivity index is 3.31. The molecule has 17 heavy (non-hydrogen) atoms. The van der Waals surface area contributed by atoms with E-state index in [4.69, 9.17) is 5.26 Å². The third kappa shape index (κ3) is 3.55. The molecule has 0 saturated carbocycles. The van der Waals surface area contributed by atoms with E-state index in [0.29, 0.717) is 0 Å². The zero-order chi connectivity index (χ0) is 13.3. The first-order valence-corrected chi connectivity index (χ1v) is 6.69. The summed E-state index contributed by atoms with van der Waals surface area (Å²) in [7, 11) is -3.65. The van der Waals surface area contributed by atoms with E-state index in [1.54, 1.807) is 32.9 Å². The van der Waals surface area contributed by atoms with Crippen LogP contribution in [0.2, 0.25) is 0 Å². The first-order valence-electron chi connectivity index (χ1n) is 5.20. The third-order valence-electron chi connectivity index (χ3n) is 1.99. The van der Waals surface area contributed by atoms with Crippen molar-refractivity contribution in [2.24, 2.45) is 0 Å². The highest BCUT2D eigenvalue weighted by Crippen LogP contribution is 2.18. The van der Waals surface area contributed by atoms with Crippen LogP contribution < -0.4 is 4.72 Å². The second kappa shape index (κ2) is 4.47. The predicted octanol–water partition coefficient (Wildman–Crippen LogP) is 1.94. The minimum atomic E-state index is -3.65. The van der Waals surface area contributed by atoms with E-state index in [1.165, 1.54) is 6.07 Å². The van der Waals surface area contributed by atoms with E-state index in [-0.39, 0.29) is 10.5 Å². The van der Waals surface area contributed by atoms with Crippen LogP contribution in [0.3, 0.4) is 0 Å². The lowest BCUT2D eigenvalue weighted by Gasteiger charge is -2.20. The molecule has 0 radical (unpaired) electrons. The van der Waals surface area contributed by atoms with Crippen molar-refractivity contribution in [3.05, 3.63) is 29.3 Å². The second-order valence-corrected chi connectivity index (χ2v) is 6.62. The van der Waals surface area contributed by atoms with Gasteiger partial charge in [0.2, 0.25) is 10.0 Å². The van der Waals surface area contributed by atoms with Crippen molar-refractivity contribution in [2.45, 2.75) is 38.1 Å². The van der Waals surface area contributed by atoms with E-state index in [2.05, 4.69) is 4.72 Å². The molecule has 92 valence electrons. The molecule has 0 aliphatic rings. The number of hydrogen-bond donors (Lipinski definition) is 1. The van der Waals surface area contributed by atoms with Crippen LogP contribution in [0.15, 0.2) is 23.1 Å². The fraction of sp³-hybridized carbons (Fsp3) is 0.417. The van der Waals surface area contributed by atoms with E-state index in [1.807, 2.05) is 13.0 Å². The molecule has 1 aromatic rings. The minimum Gasteiger partial charge on any atom is -0.207 e. The summed E-state index contributed by atoms with van der Waals surface area (Å²) in [6, 6.07) is 6.61. The largest absolute Gasteiger partial charge is 0.242 e.